The van der Waals surface area contributed by atoms with Gasteiger partial charge >= 0.3 is 6.18 Å². The number of nitrogens with one attached hydrogen (secondary N) is 2. The Morgan fingerprint density at radius 2 is 1.16 bits per heavy atom. The molecule has 4 aromatic rings. The van der Waals surface area contributed by atoms with Crippen molar-refractivity contribution in [2.45, 2.75) is 19.0 Å². The number of H-pyrrole nitrogens is 2. The summed E-state index contributed by atoms with van der Waals surface area (Å²) >= 11 is 1.36. The summed E-state index contributed by atoms with van der Waals surface area (Å²) in [6.45, 7) is 0. The highest BCUT2D eigenvalue weighted by atomic mass is 32.1. The van der Waals surface area contributed by atoms with E-state index in [1.165, 1.54) is 11.3 Å². The fourth-order valence-corrected chi connectivity index (χ4v) is 4.49. The molecule has 186 valence electrons. The Hall–Kier alpha value is -4.24. The van der Waals surface area contributed by atoms with Crippen LogP contribution in [0.2, 0.25) is 0 Å². The number of carbonyl (C=O) groups is 1. The van der Waals surface area contributed by atoms with Crippen molar-refractivity contribution in [2.75, 3.05) is 0 Å². The van der Waals surface area contributed by atoms with Gasteiger partial charge in [0.05, 0.1) is 22.8 Å². The fourth-order valence-electron chi connectivity index (χ4n) is 3.78. The number of aryl methyl sites for hydroxylation is 1. The number of carbonyl (C=O) groups excluding carboxylic acids is 1. The van der Waals surface area contributed by atoms with Crippen LogP contribution in [-0.4, -0.2) is 31.9 Å². The maximum atomic E-state index is 11.7. The van der Waals surface area contributed by atoms with E-state index in [0.717, 1.165) is 49.7 Å². The van der Waals surface area contributed by atoms with E-state index in [2.05, 4.69) is 44.2 Å². The second-order valence-corrected chi connectivity index (χ2v) is 9.44. The number of alkyl halides is 3. The molecule has 2 aliphatic rings. The zero-order valence-electron chi connectivity index (χ0n) is 19.4. The smallest absolute Gasteiger partial charge is 0.355 e. The predicted molar refractivity (Wildman–Crippen MR) is 143 cm³/mol. The number of aromatic amines is 2. The Morgan fingerprint density at radius 1 is 0.730 bits per heavy atom. The number of hydrogen-bond acceptors (Lipinski definition) is 4. The molecule has 0 radical (unpaired) electrons. The molecule has 2 aliphatic heterocycles. The van der Waals surface area contributed by atoms with Crippen LogP contribution >= 0.6 is 11.3 Å². The van der Waals surface area contributed by atoms with Crippen molar-refractivity contribution in [1.82, 2.24) is 19.9 Å². The van der Waals surface area contributed by atoms with Crippen molar-refractivity contribution in [3.05, 3.63) is 93.7 Å². The van der Waals surface area contributed by atoms with Crippen molar-refractivity contribution in [1.29, 1.82) is 0 Å². The van der Waals surface area contributed by atoms with Crippen LogP contribution in [0, 0.1) is 0 Å². The molecule has 0 saturated carbocycles. The van der Waals surface area contributed by atoms with E-state index in [-0.39, 0.29) is 6.42 Å². The van der Waals surface area contributed by atoms with Crippen LogP contribution < -0.4 is 0 Å². The fraction of sp³-hybridized carbons (Fsp3) is 0.107. The lowest BCUT2D eigenvalue weighted by Gasteiger charge is -2.02. The van der Waals surface area contributed by atoms with E-state index in [0.29, 0.717) is 0 Å². The third kappa shape index (κ3) is 6.50. The van der Waals surface area contributed by atoms with Gasteiger partial charge in [0.15, 0.2) is 0 Å². The van der Waals surface area contributed by atoms with Crippen LogP contribution in [0.4, 0.5) is 13.2 Å². The molecular formula is C28H21F3N4OS. The lowest BCUT2D eigenvalue weighted by atomic mass is 10.2. The molecule has 0 aromatic carbocycles. The molecule has 0 unspecified atom stereocenters. The molecule has 9 heteroatoms. The van der Waals surface area contributed by atoms with Crippen LogP contribution in [0.5, 0.6) is 0 Å². The number of hydrogen-bond donors (Lipinski definition) is 2. The van der Waals surface area contributed by atoms with Gasteiger partial charge in [-0.1, -0.05) is 6.07 Å². The van der Waals surface area contributed by atoms with Crippen LogP contribution in [0.25, 0.3) is 46.4 Å². The number of rotatable bonds is 3. The summed E-state index contributed by atoms with van der Waals surface area (Å²) in [4.78, 5) is 27.3. The van der Waals surface area contributed by atoms with Gasteiger partial charge in [0.2, 0.25) is 5.78 Å². The van der Waals surface area contributed by atoms with Crippen molar-refractivity contribution >= 4 is 63.5 Å². The largest absolute Gasteiger partial charge is 0.449 e. The molecule has 0 atom stereocenters. The second kappa shape index (κ2) is 10.4. The van der Waals surface area contributed by atoms with E-state index in [1.54, 1.807) is 17.5 Å². The molecule has 0 aliphatic carbocycles. The first kappa shape index (κ1) is 24.5. The Balaban J connectivity index is 0.000000184. The Labute approximate surface area is 214 Å². The molecular weight excluding hydrogens is 497 g/mol. The molecule has 6 heterocycles. The highest BCUT2D eigenvalue weighted by Gasteiger charge is 2.37. The highest BCUT2D eigenvalue weighted by Crippen LogP contribution is 2.20. The van der Waals surface area contributed by atoms with Crippen molar-refractivity contribution in [3.8, 4) is 0 Å². The van der Waals surface area contributed by atoms with Crippen molar-refractivity contribution in [2.24, 2.45) is 0 Å². The summed E-state index contributed by atoms with van der Waals surface area (Å²) in [6, 6.07) is 19.8. The van der Waals surface area contributed by atoms with Gasteiger partial charge in [-0.2, -0.15) is 13.2 Å². The molecule has 0 fully saturated rings. The maximum Gasteiger partial charge on any atom is 0.449 e. The first-order valence-corrected chi connectivity index (χ1v) is 12.3. The third-order valence-electron chi connectivity index (χ3n) is 5.54. The van der Waals surface area contributed by atoms with Gasteiger partial charge < -0.3 is 9.97 Å². The summed E-state index contributed by atoms with van der Waals surface area (Å²) in [5.74, 6) is -1.65. The lowest BCUT2D eigenvalue weighted by molar-refractivity contribution is -0.170. The van der Waals surface area contributed by atoms with Crippen LogP contribution in [0.15, 0.2) is 66.0 Å². The van der Waals surface area contributed by atoms with Gasteiger partial charge in [-0.05, 0) is 90.7 Å². The normalized spacial score (nSPS) is 12.3. The number of nitrogens with zero attached hydrogens (tertiary/aromatic N) is 2. The number of Topliss-reactive ketones (excluding diaryl/α,β-unsaturated/α-hetero) is 1. The number of fused-ring (bicyclic) bond motifs is 8. The zero-order chi connectivity index (χ0) is 25.8. The zero-order valence-corrected chi connectivity index (χ0v) is 20.2. The molecule has 8 bridgehead atoms. The molecule has 5 nitrogen and oxygen atoms in total. The van der Waals surface area contributed by atoms with Gasteiger partial charge in [-0.25, -0.2) is 9.97 Å². The molecule has 0 amide bonds. The summed E-state index contributed by atoms with van der Waals surface area (Å²) < 4.78 is 35.2. The summed E-state index contributed by atoms with van der Waals surface area (Å²) in [5, 5.41) is 1.77. The van der Waals surface area contributed by atoms with E-state index in [4.69, 9.17) is 0 Å². The maximum absolute atomic E-state index is 11.7. The quantitative estimate of drug-likeness (QED) is 0.255. The Kier molecular flexibility index (Phi) is 6.87. The van der Waals surface area contributed by atoms with Gasteiger partial charge in [-0.15, -0.1) is 11.3 Å². The number of halogens is 3. The summed E-state index contributed by atoms with van der Waals surface area (Å²) in [5.41, 5.74) is 7.86. The third-order valence-corrected chi connectivity index (χ3v) is 6.47. The van der Waals surface area contributed by atoms with Crippen LogP contribution in [0.3, 0.4) is 0 Å². The second-order valence-electron chi connectivity index (χ2n) is 8.41. The molecule has 2 N–H and O–H groups in total. The van der Waals surface area contributed by atoms with Gasteiger partial charge in [0, 0.05) is 33.4 Å². The first-order valence-electron chi connectivity index (χ1n) is 11.5. The van der Waals surface area contributed by atoms with E-state index >= 15 is 0 Å². The molecule has 0 spiro atoms. The van der Waals surface area contributed by atoms with Crippen molar-refractivity contribution in [3.63, 3.8) is 0 Å². The topological polar surface area (TPSA) is 74.4 Å². The minimum absolute atomic E-state index is 0.177. The monoisotopic (exact) mass is 518 g/mol. The Bertz CT molecular complexity index is 1470. The predicted octanol–water partition coefficient (Wildman–Crippen LogP) is 7.47. The Morgan fingerprint density at radius 3 is 1.51 bits per heavy atom. The molecule has 4 aromatic heterocycles. The summed E-state index contributed by atoms with van der Waals surface area (Å²) in [7, 11) is 0. The molecule has 37 heavy (non-hydrogen) atoms. The first-order chi connectivity index (χ1) is 17.8. The van der Waals surface area contributed by atoms with Gasteiger partial charge in [0.25, 0.3) is 0 Å². The average molecular weight is 519 g/mol. The van der Waals surface area contributed by atoms with Crippen LogP contribution in [0.1, 0.15) is 34.1 Å². The minimum atomic E-state index is -4.68. The van der Waals surface area contributed by atoms with E-state index in [9.17, 15) is 18.0 Å². The molecule has 0 saturated heterocycles. The number of thiophene rings is 1. The lowest BCUT2D eigenvalue weighted by Crippen LogP contribution is -2.22. The van der Waals surface area contributed by atoms with E-state index < -0.39 is 18.4 Å². The standard InChI is InChI=1S/C20H14N4.C8H7F3OS/c1-2-14-10-16-5-6-18(23-16)12-20-8-7-19(24-20)11-17-4-3-15(22-17)9-13(1)21-14;9-8(10,11)7(12)4-3-6-2-1-5-13-6/h1-12,21,24H;1-2,5H,3-4H2. The van der Waals surface area contributed by atoms with Gasteiger partial charge in [0.1, 0.15) is 0 Å². The molecule has 6 rings (SSSR count). The number of ketones is 1. The highest BCUT2D eigenvalue weighted by molar-refractivity contribution is 7.09. The minimum Gasteiger partial charge on any atom is -0.355 e. The summed E-state index contributed by atoms with van der Waals surface area (Å²) in [6.07, 6.45) is 3.13. The van der Waals surface area contributed by atoms with Crippen molar-refractivity contribution < 1.29 is 18.0 Å². The van der Waals surface area contributed by atoms with Crippen LogP contribution in [-0.2, 0) is 11.2 Å². The van der Waals surface area contributed by atoms with Gasteiger partial charge in [-0.3, -0.25) is 4.79 Å². The SMILES string of the molecule is C1=Cc2cc3ccc(cc4nc(cc5ccc(cc1n2)[nH]5)C=C4)[nH]3.O=C(CCc1cccs1)C(F)(F)F. The van der Waals surface area contributed by atoms with E-state index in [1.807, 2.05) is 48.6 Å². The number of aromatic nitrogens is 4. The average Bonchev–Trinajstić information content (AvgIpc) is 3.66.